The second kappa shape index (κ2) is 12.1. The lowest BCUT2D eigenvalue weighted by Crippen LogP contribution is -2.17. The number of aliphatic hydroxyl groups excluding tert-OH is 1. The third-order valence-electron chi connectivity index (χ3n) is 7.94. The molecule has 1 amide bonds. The van der Waals surface area contributed by atoms with Gasteiger partial charge in [-0.25, -0.2) is 4.68 Å². The van der Waals surface area contributed by atoms with Gasteiger partial charge in [0.05, 0.1) is 23.9 Å². The summed E-state index contributed by atoms with van der Waals surface area (Å²) in [6, 6.07) is 26.1. The van der Waals surface area contributed by atoms with Crippen molar-refractivity contribution in [2.24, 2.45) is 17.6 Å². The van der Waals surface area contributed by atoms with Crippen molar-refractivity contribution in [3.8, 4) is 17.5 Å². The van der Waals surface area contributed by atoms with E-state index in [0.29, 0.717) is 47.9 Å². The Morgan fingerprint density at radius 3 is 2.62 bits per heavy atom. The molecule has 5 aromatic rings. The van der Waals surface area contributed by atoms with Gasteiger partial charge in [0.1, 0.15) is 17.5 Å². The molecule has 3 atom stereocenters. The number of aliphatic hydroxyl groups is 1. The lowest BCUT2D eigenvalue weighted by atomic mass is 9.94. The summed E-state index contributed by atoms with van der Waals surface area (Å²) in [6.07, 6.45) is -4.96. The van der Waals surface area contributed by atoms with Crippen LogP contribution in [0.15, 0.2) is 91.0 Å². The van der Waals surface area contributed by atoms with Crippen LogP contribution in [-0.2, 0) is 6.18 Å². The minimum absolute atomic E-state index is 0.117. The molecule has 0 saturated heterocycles. The first kappa shape index (κ1) is 29.9. The van der Waals surface area contributed by atoms with Crippen molar-refractivity contribution < 1.29 is 27.8 Å². The van der Waals surface area contributed by atoms with E-state index < -0.39 is 23.9 Å². The number of ether oxygens (including phenoxy) is 1. The van der Waals surface area contributed by atoms with Gasteiger partial charge in [0.2, 0.25) is 0 Å². The molecule has 0 radical (unpaired) electrons. The first-order valence-corrected chi connectivity index (χ1v) is 14.3. The Hall–Kier alpha value is -5.18. The summed E-state index contributed by atoms with van der Waals surface area (Å²) in [4.78, 5) is 13.4. The number of amides is 1. The predicted molar refractivity (Wildman–Crippen MR) is 162 cm³/mol. The number of aromatic nitrogens is 2. The predicted octanol–water partition coefficient (Wildman–Crippen LogP) is 6.22. The summed E-state index contributed by atoms with van der Waals surface area (Å²) >= 11 is 0. The topological polar surface area (TPSA) is 126 Å². The van der Waals surface area contributed by atoms with Crippen molar-refractivity contribution in [3.05, 3.63) is 119 Å². The molecule has 1 aromatic heterocycles. The summed E-state index contributed by atoms with van der Waals surface area (Å²) in [5.74, 6) is 0.457. The maximum Gasteiger partial charge on any atom is 0.435 e. The number of nitrogens with one attached hydrogen (secondary N) is 1. The number of hydrogen-bond acceptors (Lipinski definition) is 6. The number of anilines is 1. The molecule has 228 valence electrons. The Morgan fingerprint density at radius 2 is 1.87 bits per heavy atom. The van der Waals surface area contributed by atoms with E-state index in [-0.39, 0.29) is 22.6 Å². The van der Waals surface area contributed by atoms with Crippen LogP contribution in [0.4, 0.5) is 18.9 Å². The summed E-state index contributed by atoms with van der Waals surface area (Å²) < 4.78 is 47.9. The van der Waals surface area contributed by atoms with E-state index in [2.05, 4.69) is 10.4 Å². The molecular weight excluding hydrogens is 583 g/mol. The standard InChI is InChI=1S/C34H28F3N5O3/c35-34(36,37)30-16-28(42(41-30)26-9-3-5-20(13-26)17-38)33(44)40-25-8-4-7-22(15-25)32(43)31-27-10-2-1-6-21(27)11-12-29(31)45-19-24-14-23(24)18-39/h1-13,15-16,23-24,32,43H,14,18-19,39H2,(H,40,44). The van der Waals surface area contributed by atoms with Crippen molar-refractivity contribution >= 4 is 22.4 Å². The van der Waals surface area contributed by atoms with Gasteiger partial charge in [0.15, 0.2) is 5.69 Å². The molecule has 3 unspecified atom stereocenters. The Bertz CT molecular complexity index is 1930. The fourth-order valence-corrected chi connectivity index (χ4v) is 5.42. The zero-order valence-corrected chi connectivity index (χ0v) is 23.8. The zero-order valence-electron chi connectivity index (χ0n) is 23.8. The molecule has 11 heteroatoms. The third-order valence-corrected chi connectivity index (χ3v) is 7.94. The van der Waals surface area contributed by atoms with E-state index >= 15 is 0 Å². The number of carbonyl (C=O) groups is 1. The number of fused-ring (bicyclic) bond motifs is 1. The molecule has 1 aliphatic rings. The van der Waals surface area contributed by atoms with Crippen molar-refractivity contribution in [2.45, 2.75) is 18.7 Å². The van der Waals surface area contributed by atoms with Crippen LogP contribution in [0.25, 0.3) is 16.5 Å². The SMILES string of the molecule is N#Cc1cccc(-n2nc(C(F)(F)F)cc2C(=O)Nc2cccc(C(O)c3c(OCC4CC4CN)ccc4ccccc34)c2)c1. The molecule has 1 saturated carbocycles. The number of rotatable bonds is 9. The smallest absolute Gasteiger partial charge is 0.435 e. The molecule has 0 spiro atoms. The van der Waals surface area contributed by atoms with Gasteiger partial charge in [-0.3, -0.25) is 4.79 Å². The quantitative estimate of drug-likeness (QED) is 0.182. The summed E-state index contributed by atoms with van der Waals surface area (Å²) in [5, 5.41) is 28.9. The number of carbonyl (C=O) groups excluding carboxylic acids is 1. The van der Waals surface area contributed by atoms with Crippen molar-refractivity contribution in [1.82, 2.24) is 9.78 Å². The lowest BCUT2D eigenvalue weighted by molar-refractivity contribution is -0.141. The van der Waals surface area contributed by atoms with Crippen LogP contribution < -0.4 is 15.8 Å². The van der Waals surface area contributed by atoms with Gasteiger partial charge in [-0.1, -0.05) is 48.5 Å². The molecule has 4 aromatic carbocycles. The number of alkyl halides is 3. The van der Waals surface area contributed by atoms with E-state index in [0.717, 1.165) is 21.9 Å². The van der Waals surface area contributed by atoms with E-state index in [1.807, 2.05) is 42.5 Å². The van der Waals surface area contributed by atoms with Crippen LogP contribution in [0.1, 0.15) is 45.4 Å². The van der Waals surface area contributed by atoms with E-state index in [1.54, 1.807) is 24.3 Å². The van der Waals surface area contributed by atoms with Gasteiger partial charge >= 0.3 is 6.18 Å². The molecule has 1 aliphatic carbocycles. The van der Waals surface area contributed by atoms with Gasteiger partial charge in [0, 0.05) is 17.3 Å². The molecule has 0 bridgehead atoms. The van der Waals surface area contributed by atoms with E-state index in [9.17, 15) is 28.3 Å². The average Bonchev–Trinajstić information content (AvgIpc) is 3.66. The van der Waals surface area contributed by atoms with Crippen LogP contribution in [0, 0.1) is 23.2 Å². The van der Waals surface area contributed by atoms with Crippen LogP contribution in [0.2, 0.25) is 0 Å². The average molecular weight is 612 g/mol. The molecular formula is C34H28F3N5O3. The van der Waals surface area contributed by atoms with Gasteiger partial charge in [-0.2, -0.15) is 23.5 Å². The van der Waals surface area contributed by atoms with Crippen LogP contribution in [0.5, 0.6) is 5.75 Å². The minimum Gasteiger partial charge on any atom is -0.493 e. The fourth-order valence-electron chi connectivity index (χ4n) is 5.42. The first-order chi connectivity index (χ1) is 21.7. The molecule has 6 rings (SSSR count). The number of halogens is 3. The van der Waals surface area contributed by atoms with Crippen molar-refractivity contribution in [3.63, 3.8) is 0 Å². The van der Waals surface area contributed by atoms with Gasteiger partial charge < -0.3 is 20.9 Å². The number of benzene rings is 4. The van der Waals surface area contributed by atoms with E-state index in [4.69, 9.17) is 10.5 Å². The Kier molecular flexibility index (Phi) is 8.01. The first-order valence-electron chi connectivity index (χ1n) is 14.3. The summed E-state index contributed by atoms with van der Waals surface area (Å²) in [5.41, 5.74) is 5.70. The second-order valence-electron chi connectivity index (χ2n) is 11.0. The largest absolute Gasteiger partial charge is 0.493 e. The number of nitriles is 1. The highest BCUT2D eigenvalue weighted by Gasteiger charge is 2.37. The maximum atomic E-state index is 13.6. The third kappa shape index (κ3) is 6.24. The minimum atomic E-state index is -4.81. The van der Waals surface area contributed by atoms with Gasteiger partial charge in [0.25, 0.3) is 5.91 Å². The molecule has 8 nitrogen and oxygen atoms in total. The molecule has 45 heavy (non-hydrogen) atoms. The second-order valence-corrected chi connectivity index (χ2v) is 11.0. The monoisotopic (exact) mass is 611 g/mol. The van der Waals surface area contributed by atoms with Gasteiger partial charge in [-0.15, -0.1) is 0 Å². The molecule has 0 aliphatic heterocycles. The number of hydrogen-bond donors (Lipinski definition) is 3. The highest BCUT2D eigenvalue weighted by molar-refractivity contribution is 6.03. The summed E-state index contributed by atoms with van der Waals surface area (Å²) in [6.45, 7) is 1.07. The zero-order chi connectivity index (χ0) is 31.7. The molecule has 4 N–H and O–H groups in total. The summed E-state index contributed by atoms with van der Waals surface area (Å²) in [7, 11) is 0. The van der Waals surface area contributed by atoms with Crippen LogP contribution in [0.3, 0.4) is 0 Å². The normalized spacial score (nSPS) is 16.6. The lowest BCUT2D eigenvalue weighted by Gasteiger charge is -2.20. The number of nitrogens with two attached hydrogens (primary N) is 1. The highest BCUT2D eigenvalue weighted by Crippen LogP contribution is 2.41. The van der Waals surface area contributed by atoms with Crippen LogP contribution >= 0.6 is 0 Å². The molecule has 1 fully saturated rings. The van der Waals surface area contributed by atoms with Crippen molar-refractivity contribution in [1.29, 1.82) is 5.26 Å². The highest BCUT2D eigenvalue weighted by atomic mass is 19.4. The van der Waals surface area contributed by atoms with Crippen molar-refractivity contribution in [2.75, 3.05) is 18.5 Å². The number of nitrogens with zero attached hydrogens (tertiary/aromatic N) is 3. The molecule has 1 heterocycles. The Balaban J connectivity index is 1.31. The van der Waals surface area contributed by atoms with E-state index in [1.165, 1.54) is 24.3 Å². The van der Waals surface area contributed by atoms with Gasteiger partial charge in [-0.05, 0) is 77.5 Å². The Morgan fingerprint density at radius 1 is 1.07 bits per heavy atom. The maximum absolute atomic E-state index is 13.6. The Labute approximate surface area is 256 Å². The van der Waals surface area contributed by atoms with Crippen LogP contribution in [-0.4, -0.2) is 33.9 Å². The fraction of sp³-hybridized carbons (Fsp3) is 0.206.